The number of unbranched alkanes of at least 4 members (excludes halogenated alkanes) is 1. The van der Waals surface area contributed by atoms with Crippen LogP contribution in [0, 0.1) is 17.0 Å². The van der Waals surface area contributed by atoms with Crippen molar-refractivity contribution in [2.75, 3.05) is 6.61 Å². The Morgan fingerprint density at radius 1 is 1.42 bits per heavy atom. The number of hydrogen-bond acceptors (Lipinski definition) is 5. The molecule has 0 heterocycles. The second-order valence-electron chi connectivity index (χ2n) is 3.98. The van der Waals surface area contributed by atoms with Gasteiger partial charge in [0.05, 0.1) is 16.4 Å². The number of nitro groups is 1. The van der Waals surface area contributed by atoms with Crippen LogP contribution in [0.2, 0.25) is 0 Å². The molecular formula is C11H14ClNO5S. The first-order valence-corrected chi connectivity index (χ1v) is 7.94. The predicted molar refractivity (Wildman–Crippen MR) is 71.3 cm³/mol. The lowest BCUT2D eigenvalue weighted by Gasteiger charge is -2.09. The number of ether oxygens (including phenoxy) is 1. The van der Waals surface area contributed by atoms with Crippen LogP contribution in [0.1, 0.15) is 25.3 Å². The maximum absolute atomic E-state index is 11.3. The SMILES string of the molecule is CCCCOc1cc(C)c(S(=O)(=O)Cl)cc1[N+](=O)[O-]. The number of hydrogen-bond donors (Lipinski definition) is 0. The van der Waals surface area contributed by atoms with Crippen molar-refractivity contribution in [3.63, 3.8) is 0 Å². The summed E-state index contributed by atoms with van der Waals surface area (Å²) in [6, 6.07) is 2.25. The number of aryl methyl sites for hydroxylation is 1. The molecule has 0 radical (unpaired) electrons. The molecule has 1 rings (SSSR count). The van der Waals surface area contributed by atoms with Crippen LogP contribution in [0.4, 0.5) is 5.69 Å². The van der Waals surface area contributed by atoms with Crippen molar-refractivity contribution in [1.29, 1.82) is 0 Å². The highest BCUT2D eigenvalue weighted by atomic mass is 35.7. The molecule has 1 aromatic rings. The van der Waals surface area contributed by atoms with Gasteiger partial charge in [0.2, 0.25) is 0 Å². The van der Waals surface area contributed by atoms with Crippen molar-refractivity contribution >= 4 is 25.4 Å². The molecule has 0 spiro atoms. The maximum Gasteiger partial charge on any atom is 0.312 e. The smallest absolute Gasteiger partial charge is 0.312 e. The molecule has 0 bridgehead atoms. The molecule has 0 saturated heterocycles. The van der Waals surface area contributed by atoms with Crippen molar-refractivity contribution in [3.05, 3.63) is 27.8 Å². The van der Waals surface area contributed by atoms with Crippen LogP contribution in [-0.4, -0.2) is 19.9 Å². The molecule has 19 heavy (non-hydrogen) atoms. The van der Waals surface area contributed by atoms with Gasteiger partial charge < -0.3 is 4.74 Å². The van der Waals surface area contributed by atoms with Crippen molar-refractivity contribution in [2.24, 2.45) is 0 Å². The second kappa shape index (κ2) is 6.21. The first kappa shape index (κ1) is 15.7. The normalized spacial score (nSPS) is 11.3. The van der Waals surface area contributed by atoms with Crippen LogP contribution in [-0.2, 0) is 9.05 Å². The van der Waals surface area contributed by atoms with E-state index < -0.39 is 19.7 Å². The summed E-state index contributed by atoms with van der Waals surface area (Å²) in [4.78, 5) is 9.97. The van der Waals surface area contributed by atoms with Crippen LogP contribution in [0.25, 0.3) is 0 Å². The van der Waals surface area contributed by atoms with E-state index in [0.717, 1.165) is 18.9 Å². The van der Waals surface area contributed by atoms with E-state index in [2.05, 4.69) is 0 Å². The zero-order valence-electron chi connectivity index (χ0n) is 10.6. The van der Waals surface area contributed by atoms with Gasteiger partial charge in [0.1, 0.15) is 0 Å². The van der Waals surface area contributed by atoms with Crippen LogP contribution >= 0.6 is 10.7 Å². The van der Waals surface area contributed by atoms with Gasteiger partial charge in [-0.05, 0) is 25.0 Å². The van der Waals surface area contributed by atoms with Gasteiger partial charge in [0, 0.05) is 16.7 Å². The Morgan fingerprint density at radius 3 is 2.53 bits per heavy atom. The highest BCUT2D eigenvalue weighted by Gasteiger charge is 2.23. The van der Waals surface area contributed by atoms with E-state index in [-0.39, 0.29) is 10.6 Å². The summed E-state index contributed by atoms with van der Waals surface area (Å²) in [5.74, 6) is 0.0556. The number of benzene rings is 1. The summed E-state index contributed by atoms with van der Waals surface area (Å²) < 4.78 is 27.9. The molecule has 8 heteroatoms. The zero-order chi connectivity index (χ0) is 14.6. The average molecular weight is 308 g/mol. The van der Waals surface area contributed by atoms with Crippen molar-refractivity contribution in [3.8, 4) is 5.75 Å². The maximum atomic E-state index is 11.3. The molecule has 0 aromatic heterocycles. The minimum absolute atomic E-state index is 0.0556. The van der Waals surface area contributed by atoms with Gasteiger partial charge in [-0.1, -0.05) is 13.3 Å². The highest BCUT2D eigenvalue weighted by Crippen LogP contribution is 2.33. The number of halogens is 1. The Kier molecular flexibility index (Phi) is 5.13. The predicted octanol–water partition coefficient (Wildman–Crippen LogP) is 3.01. The summed E-state index contributed by atoms with van der Waals surface area (Å²) >= 11 is 0. The number of nitrogens with zero attached hydrogens (tertiary/aromatic N) is 1. The zero-order valence-corrected chi connectivity index (χ0v) is 12.1. The molecule has 0 amide bonds. The van der Waals surface area contributed by atoms with E-state index in [0.29, 0.717) is 12.2 Å². The third-order valence-electron chi connectivity index (χ3n) is 2.47. The van der Waals surface area contributed by atoms with Crippen LogP contribution < -0.4 is 4.74 Å². The summed E-state index contributed by atoms with van der Waals surface area (Å²) in [6.45, 7) is 3.81. The Labute approximate surface area is 115 Å². The Balaban J connectivity index is 3.26. The standard InChI is InChI=1S/C11H14ClNO5S/c1-3-4-5-18-10-6-8(2)11(19(12,16)17)7-9(10)13(14)15/h6-7H,3-5H2,1-2H3. The lowest BCUT2D eigenvalue weighted by Crippen LogP contribution is -2.03. The monoisotopic (exact) mass is 307 g/mol. The van der Waals surface area contributed by atoms with Gasteiger partial charge in [-0.2, -0.15) is 0 Å². The quantitative estimate of drug-likeness (QED) is 0.349. The molecule has 0 aliphatic heterocycles. The largest absolute Gasteiger partial charge is 0.487 e. The van der Waals surface area contributed by atoms with Gasteiger partial charge >= 0.3 is 5.69 Å². The fourth-order valence-electron chi connectivity index (χ4n) is 1.50. The van der Waals surface area contributed by atoms with E-state index in [4.69, 9.17) is 15.4 Å². The Hall–Kier alpha value is -1.34. The minimum atomic E-state index is -4.02. The molecule has 6 nitrogen and oxygen atoms in total. The molecule has 0 N–H and O–H groups in total. The van der Waals surface area contributed by atoms with Gasteiger partial charge in [-0.25, -0.2) is 8.42 Å². The van der Waals surface area contributed by atoms with E-state index >= 15 is 0 Å². The van der Waals surface area contributed by atoms with Crippen LogP contribution in [0.5, 0.6) is 5.75 Å². The van der Waals surface area contributed by atoms with Crippen molar-refractivity contribution in [1.82, 2.24) is 0 Å². The fraction of sp³-hybridized carbons (Fsp3) is 0.455. The summed E-state index contributed by atoms with van der Waals surface area (Å²) in [5.41, 5.74) is -0.0898. The molecule has 0 aliphatic carbocycles. The first-order valence-electron chi connectivity index (χ1n) is 5.64. The molecule has 106 valence electrons. The van der Waals surface area contributed by atoms with E-state index in [1.54, 1.807) is 0 Å². The Bertz CT molecular complexity index is 585. The van der Waals surface area contributed by atoms with E-state index in [9.17, 15) is 18.5 Å². The topological polar surface area (TPSA) is 86.5 Å². The van der Waals surface area contributed by atoms with Crippen molar-refractivity contribution in [2.45, 2.75) is 31.6 Å². The number of nitro benzene ring substituents is 1. The molecular weight excluding hydrogens is 294 g/mol. The highest BCUT2D eigenvalue weighted by molar-refractivity contribution is 8.13. The van der Waals surface area contributed by atoms with Crippen molar-refractivity contribution < 1.29 is 18.1 Å². The van der Waals surface area contributed by atoms with Crippen LogP contribution in [0.15, 0.2) is 17.0 Å². The lowest BCUT2D eigenvalue weighted by molar-refractivity contribution is -0.386. The molecule has 1 aromatic carbocycles. The summed E-state index contributed by atoms with van der Waals surface area (Å²) in [7, 11) is 1.21. The second-order valence-corrected chi connectivity index (χ2v) is 6.52. The van der Waals surface area contributed by atoms with Gasteiger partial charge in [0.25, 0.3) is 9.05 Å². The average Bonchev–Trinajstić information content (AvgIpc) is 2.27. The van der Waals surface area contributed by atoms with Gasteiger partial charge in [0.15, 0.2) is 5.75 Å². The fourth-order valence-corrected chi connectivity index (χ4v) is 2.69. The van der Waals surface area contributed by atoms with Gasteiger partial charge in [-0.15, -0.1) is 0 Å². The molecule has 0 saturated carbocycles. The number of rotatable bonds is 6. The Morgan fingerprint density at radius 2 is 2.05 bits per heavy atom. The third kappa shape index (κ3) is 4.07. The third-order valence-corrected chi connectivity index (χ3v) is 3.94. The van der Waals surface area contributed by atoms with E-state index in [1.165, 1.54) is 13.0 Å². The summed E-state index contributed by atoms with van der Waals surface area (Å²) in [5, 5.41) is 10.9. The van der Waals surface area contributed by atoms with Crippen LogP contribution in [0.3, 0.4) is 0 Å². The van der Waals surface area contributed by atoms with E-state index in [1.807, 2.05) is 6.92 Å². The molecule has 0 atom stereocenters. The lowest BCUT2D eigenvalue weighted by atomic mass is 10.2. The molecule has 0 fully saturated rings. The molecule has 0 aliphatic rings. The van der Waals surface area contributed by atoms with Gasteiger partial charge in [-0.3, -0.25) is 10.1 Å². The minimum Gasteiger partial charge on any atom is -0.487 e. The summed E-state index contributed by atoms with van der Waals surface area (Å²) in [6.07, 6.45) is 1.65. The first-order chi connectivity index (χ1) is 8.77. The molecule has 0 unspecified atom stereocenters.